The van der Waals surface area contributed by atoms with Gasteiger partial charge < -0.3 is 10.1 Å². The van der Waals surface area contributed by atoms with Crippen LogP contribution in [0.15, 0.2) is 53.4 Å². The number of nitrogens with one attached hydrogen (secondary N) is 1. The third-order valence-electron chi connectivity index (χ3n) is 5.95. The highest BCUT2D eigenvalue weighted by atomic mass is 32.2. The fraction of sp³-hybridized carbons (Fsp3) is 0.458. The molecule has 31 heavy (non-hydrogen) atoms. The Morgan fingerprint density at radius 3 is 2.39 bits per heavy atom. The number of carbonyl (C=O) groups excluding carboxylic acids is 1. The average molecular weight is 445 g/mol. The summed E-state index contributed by atoms with van der Waals surface area (Å²) in [6, 6.07) is 14.2. The lowest BCUT2D eigenvalue weighted by Crippen LogP contribution is -2.37. The van der Waals surface area contributed by atoms with Gasteiger partial charge in [0.05, 0.1) is 7.11 Å². The third-order valence-corrected chi connectivity index (χ3v) is 7.89. The summed E-state index contributed by atoms with van der Waals surface area (Å²) in [5, 5.41) is 3.07. The zero-order valence-electron chi connectivity index (χ0n) is 18.5. The highest BCUT2D eigenvalue weighted by molar-refractivity contribution is 7.89. The number of hydrogen-bond acceptors (Lipinski definition) is 4. The smallest absolute Gasteiger partial charge is 0.251 e. The number of benzene rings is 2. The largest absolute Gasteiger partial charge is 0.495 e. The summed E-state index contributed by atoms with van der Waals surface area (Å²) in [6.45, 7) is 4.58. The van der Waals surface area contributed by atoms with E-state index in [-0.39, 0.29) is 29.1 Å². The Hall–Kier alpha value is -2.38. The van der Waals surface area contributed by atoms with E-state index in [1.54, 1.807) is 19.1 Å². The Kier molecular flexibility index (Phi) is 7.73. The minimum Gasteiger partial charge on any atom is -0.495 e. The highest BCUT2D eigenvalue weighted by Crippen LogP contribution is 2.29. The van der Waals surface area contributed by atoms with Crippen LogP contribution in [0.1, 0.15) is 55.5 Å². The van der Waals surface area contributed by atoms with Gasteiger partial charge >= 0.3 is 0 Å². The molecule has 6 nitrogen and oxygen atoms in total. The summed E-state index contributed by atoms with van der Waals surface area (Å²) in [5.74, 6) is 0.676. The van der Waals surface area contributed by atoms with Crippen molar-refractivity contribution >= 4 is 15.9 Å². The van der Waals surface area contributed by atoms with E-state index in [0.29, 0.717) is 18.0 Å². The standard InChI is InChI=1S/C24H32N2O4S/c1-4-26(17-19-8-6-5-7-9-19)31(28,29)23-16-20(12-15-22(23)30-3)24(27)25-21-13-10-18(2)11-14-21/h5-9,12,15-16,18,21H,4,10-11,13-14,17H2,1-3H3,(H,25,27). The summed E-state index contributed by atoms with van der Waals surface area (Å²) >= 11 is 0. The van der Waals surface area contributed by atoms with Crippen molar-refractivity contribution in [1.82, 2.24) is 9.62 Å². The number of nitrogens with zero attached hydrogens (tertiary/aromatic N) is 1. The maximum atomic E-state index is 13.5. The molecule has 0 aromatic heterocycles. The van der Waals surface area contributed by atoms with Crippen LogP contribution in [0, 0.1) is 5.92 Å². The van der Waals surface area contributed by atoms with Gasteiger partial charge in [-0.3, -0.25) is 4.79 Å². The first-order chi connectivity index (χ1) is 14.8. The number of rotatable bonds is 8. The van der Waals surface area contributed by atoms with Gasteiger partial charge in [0.2, 0.25) is 10.0 Å². The fourth-order valence-electron chi connectivity index (χ4n) is 3.99. The van der Waals surface area contributed by atoms with Crippen molar-refractivity contribution < 1.29 is 17.9 Å². The van der Waals surface area contributed by atoms with Crippen LogP contribution in [0.3, 0.4) is 0 Å². The lowest BCUT2D eigenvalue weighted by Gasteiger charge is -2.27. The maximum absolute atomic E-state index is 13.5. The van der Waals surface area contributed by atoms with Crippen molar-refractivity contribution in [2.45, 2.75) is 57.0 Å². The molecule has 1 aliphatic carbocycles. The molecule has 2 aromatic rings. The molecule has 0 atom stereocenters. The van der Waals surface area contributed by atoms with Gasteiger partial charge in [-0.25, -0.2) is 8.42 Å². The topological polar surface area (TPSA) is 75.7 Å². The monoisotopic (exact) mass is 444 g/mol. The minimum absolute atomic E-state index is 0.0118. The molecule has 0 bridgehead atoms. The van der Waals surface area contributed by atoms with Crippen molar-refractivity contribution in [2.75, 3.05) is 13.7 Å². The van der Waals surface area contributed by atoms with Crippen LogP contribution >= 0.6 is 0 Å². The van der Waals surface area contributed by atoms with Crippen LogP contribution in [0.25, 0.3) is 0 Å². The summed E-state index contributed by atoms with van der Waals surface area (Å²) < 4.78 is 33.7. The lowest BCUT2D eigenvalue weighted by atomic mass is 9.87. The Bertz CT molecular complexity index is 984. The molecule has 7 heteroatoms. The molecule has 0 heterocycles. The molecular formula is C24H32N2O4S. The number of sulfonamides is 1. The van der Waals surface area contributed by atoms with Crippen LogP contribution in [0.2, 0.25) is 0 Å². The fourth-order valence-corrected chi connectivity index (χ4v) is 5.60. The molecule has 1 aliphatic rings. The Morgan fingerprint density at radius 2 is 1.77 bits per heavy atom. The zero-order valence-corrected chi connectivity index (χ0v) is 19.3. The maximum Gasteiger partial charge on any atom is 0.251 e. The second kappa shape index (κ2) is 10.3. The van der Waals surface area contributed by atoms with Gasteiger partial charge in [0, 0.05) is 24.7 Å². The van der Waals surface area contributed by atoms with Crippen LogP contribution in [0.4, 0.5) is 0 Å². The molecule has 2 aromatic carbocycles. The SMILES string of the molecule is CCN(Cc1ccccc1)S(=O)(=O)c1cc(C(=O)NC2CCC(C)CC2)ccc1OC. The first-order valence-corrected chi connectivity index (χ1v) is 12.3. The summed E-state index contributed by atoms with van der Waals surface area (Å²) in [7, 11) is -2.42. The van der Waals surface area contributed by atoms with E-state index in [0.717, 1.165) is 31.2 Å². The van der Waals surface area contributed by atoms with Crippen LogP contribution in [-0.4, -0.2) is 38.3 Å². The second-order valence-corrected chi connectivity index (χ2v) is 10.1. The van der Waals surface area contributed by atoms with Crippen LogP contribution < -0.4 is 10.1 Å². The first-order valence-electron chi connectivity index (χ1n) is 10.9. The first kappa shape index (κ1) is 23.3. The van der Waals surface area contributed by atoms with Crippen molar-refractivity contribution in [1.29, 1.82) is 0 Å². The lowest BCUT2D eigenvalue weighted by molar-refractivity contribution is 0.0922. The number of amides is 1. The molecule has 0 unspecified atom stereocenters. The normalized spacial score (nSPS) is 19.2. The van der Waals surface area contributed by atoms with E-state index in [9.17, 15) is 13.2 Å². The van der Waals surface area contributed by atoms with Crippen molar-refractivity contribution in [3.63, 3.8) is 0 Å². The Labute approximate surface area is 185 Å². The van der Waals surface area contributed by atoms with Crippen molar-refractivity contribution in [3.8, 4) is 5.75 Å². The predicted octanol–water partition coefficient (Wildman–Crippen LogP) is 4.21. The van der Waals surface area contributed by atoms with Gasteiger partial charge in [-0.05, 0) is 55.4 Å². The molecule has 0 spiro atoms. The van der Waals surface area contributed by atoms with E-state index in [1.165, 1.54) is 17.5 Å². The summed E-state index contributed by atoms with van der Waals surface area (Å²) in [5.41, 5.74) is 1.22. The van der Waals surface area contributed by atoms with Gasteiger partial charge in [-0.2, -0.15) is 4.31 Å². The van der Waals surface area contributed by atoms with Gasteiger partial charge in [0.15, 0.2) is 0 Å². The molecule has 168 valence electrons. The van der Waals surface area contributed by atoms with Crippen molar-refractivity contribution in [2.24, 2.45) is 5.92 Å². The number of carbonyl (C=O) groups is 1. The second-order valence-electron chi connectivity index (χ2n) is 8.21. The molecule has 0 radical (unpaired) electrons. The van der Waals surface area contributed by atoms with Gasteiger partial charge in [-0.15, -0.1) is 0 Å². The quantitative estimate of drug-likeness (QED) is 0.662. The van der Waals surface area contributed by atoms with E-state index < -0.39 is 10.0 Å². The van der Waals surface area contributed by atoms with E-state index in [2.05, 4.69) is 12.2 Å². The molecule has 1 amide bonds. The molecular weight excluding hydrogens is 412 g/mol. The van der Waals surface area contributed by atoms with Crippen molar-refractivity contribution in [3.05, 3.63) is 59.7 Å². The number of ether oxygens (including phenoxy) is 1. The highest BCUT2D eigenvalue weighted by Gasteiger charge is 2.28. The molecule has 0 aliphatic heterocycles. The minimum atomic E-state index is -3.86. The molecule has 1 fully saturated rings. The van der Waals surface area contributed by atoms with Crippen LogP contribution in [0.5, 0.6) is 5.75 Å². The van der Waals surface area contributed by atoms with Crippen LogP contribution in [-0.2, 0) is 16.6 Å². The molecule has 0 saturated heterocycles. The van der Waals surface area contributed by atoms with Gasteiger partial charge in [-0.1, -0.05) is 44.2 Å². The Morgan fingerprint density at radius 1 is 1.10 bits per heavy atom. The third kappa shape index (κ3) is 5.66. The summed E-state index contributed by atoms with van der Waals surface area (Å²) in [4.78, 5) is 12.9. The van der Waals surface area contributed by atoms with E-state index in [4.69, 9.17) is 4.74 Å². The summed E-state index contributed by atoms with van der Waals surface area (Å²) in [6.07, 6.45) is 4.10. The zero-order chi connectivity index (χ0) is 22.4. The number of hydrogen-bond donors (Lipinski definition) is 1. The number of methoxy groups -OCH3 is 1. The average Bonchev–Trinajstić information content (AvgIpc) is 2.79. The van der Waals surface area contributed by atoms with E-state index >= 15 is 0 Å². The molecule has 3 rings (SSSR count). The van der Waals surface area contributed by atoms with E-state index in [1.807, 2.05) is 30.3 Å². The molecule has 1 saturated carbocycles. The Balaban J connectivity index is 1.85. The molecule has 1 N–H and O–H groups in total. The van der Waals surface area contributed by atoms with Gasteiger partial charge in [0.25, 0.3) is 5.91 Å². The predicted molar refractivity (Wildman–Crippen MR) is 122 cm³/mol. The van der Waals surface area contributed by atoms with Gasteiger partial charge in [0.1, 0.15) is 10.6 Å².